The van der Waals surface area contributed by atoms with E-state index in [0.29, 0.717) is 0 Å². The van der Waals surface area contributed by atoms with Crippen molar-refractivity contribution in [2.45, 2.75) is 9.24 Å². The number of nitrogens with zero attached hydrogens (tertiary/aromatic N) is 1. The van der Waals surface area contributed by atoms with E-state index in [2.05, 4.69) is 36.0 Å². The number of thioether (sulfide) groups is 2. The average molecular weight is 239 g/mol. The zero-order chi connectivity index (χ0) is 9.97. The maximum absolute atomic E-state index is 4.51. The summed E-state index contributed by atoms with van der Waals surface area (Å²) in [5.74, 6) is 0. The SMILES string of the molecule is C=CSc1nc2cc(SC)ccc2s1. The maximum Gasteiger partial charge on any atom is 0.155 e. The first-order valence-electron chi connectivity index (χ1n) is 4.05. The van der Waals surface area contributed by atoms with Crippen molar-refractivity contribution in [2.75, 3.05) is 6.26 Å². The highest BCUT2D eigenvalue weighted by atomic mass is 32.2. The van der Waals surface area contributed by atoms with Crippen LogP contribution in [0, 0.1) is 0 Å². The van der Waals surface area contributed by atoms with Gasteiger partial charge in [-0.15, -0.1) is 23.1 Å². The fraction of sp³-hybridized carbons (Fsp3) is 0.100. The lowest BCUT2D eigenvalue weighted by molar-refractivity contribution is 1.30. The van der Waals surface area contributed by atoms with E-state index in [9.17, 15) is 0 Å². The lowest BCUT2D eigenvalue weighted by Gasteiger charge is -1.93. The standard InChI is InChI=1S/C10H9NS3/c1-3-13-10-11-8-6-7(12-2)4-5-9(8)14-10/h3-6H,1H2,2H3. The lowest BCUT2D eigenvalue weighted by atomic mass is 10.3. The number of thiazole rings is 1. The highest BCUT2D eigenvalue weighted by Gasteiger charge is 2.03. The molecule has 0 saturated heterocycles. The molecule has 1 nitrogen and oxygen atoms in total. The van der Waals surface area contributed by atoms with Gasteiger partial charge in [0.25, 0.3) is 0 Å². The molecular formula is C10H9NS3. The van der Waals surface area contributed by atoms with Gasteiger partial charge in [0.1, 0.15) is 0 Å². The van der Waals surface area contributed by atoms with E-state index in [4.69, 9.17) is 0 Å². The number of hydrogen-bond acceptors (Lipinski definition) is 4. The van der Waals surface area contributed by atoms with E-state index in [1.165, 1.54) is 9.60 Å². The summed E-state index contributed by atoms with van der Waals surface area (Å²) in [5, 5.41) is 1.81. The first-order chi connectivity index (χ1) is 6.83. The molecule has 0 amide bonds. The molecule has 1 aromatic carbocycles. The van der Waals surface area contributed by atoms with E-state index in [-0.39, 0.29) is 0 Å². The van der Waals surface area contributed by atoms with Crippen LogP contribution in [0.25, 0.3) is 10.2 Å². The molecule has 1 aromatic heterocycles. The summed E-state index contributed by atoms with van der Waals surface area (Å²) < 4.78 is 2.31. The number of fused-ring (bicyclic) bond motifs is 1. The highest BCUT2D eigenvalue weighted by molar-refractivity contribution is 8.03. The molecule has 0 aliphatic heterocycles. The van der Waals surface area contributed by atoms with Crippen LogP contribution in [-0.2, 0) is 0 Å². The van der Waals surface area contributed by atoms with Gasteiger partial charge in [-0.05, 0) is 29.9 Å². The van der Waals surface area contributed by atoms with Crippen LogP contribution in [0.5, 0.6) is 0 Å². The molecule has 0 spiro atoms. The average Bonchev–Trinajstić information content (AvgIpc) is 2.59. The first kappa shape index (κ1) is 10.1. The zero-order valence-electron chi connectivity index (χ0n) is 7.69. The number of rotatable bonds is 3. The molecule has 0 aliphatic rings. The van der Waals surface area contributed by atoms with Crippen LogP contribution in [-0.4, -0.2) is 11.2 Å². The van der Waals surface area contributed by atoms with Crippen molar-refractivity contribution in [2.24, 2.45) is 0 Å². The Morgan fingerprint density at radius 3 is 3.07 bits per heavy atom. The molecule has 0 radical (unpaired) electrons. The van der Waals surface area contributed by atoms with Crippen molar-refractivity contribution in [1.82, 2.24) is 4.98 Å². The van der Waals surface area contributed by atoms with Crippen LogP contribution in [0.4, 0.5) is 0 Å². The van der Waals surface area contributed by atoms with Crippen molar-refractivity contribution < 1.29 is 0 Å². The Kier molecular flexibility index (Phi) is 3.15. The third-order valence-corrected chi connectivity index (χ3v) is 4.31. The van der Waals surface area contributed by atoms with Gasteiger partial charge in [-0.1, -0.05) is 18.3 Å². The van der Waals surface area contributed by atoms with E-state index in [0.717, 1.165) is 9.86 Å². The summed E-state index contributed by atoms with van der Waals surface area (Å²) in [5.41, 5.74) is 1.09. The normalized spacial score (nSPS) is 10.6. The van der Waals surface area contributed by atoms with Gasteiger partial charge in [-0.2, -0.15) is 0 Å². The zero-order valence-corrected chi connectivity index (χ0v) is 10.1. The smallest absolute Gasteiger partial charge is 0.155 e. The minimum atomic E-state index is 1.06. The van der Waals surface area contributed by atoms with Crippen molar-refractivity contribution in [1.29, 1.82) is 0 Å². The maximum atomic E-state index is 4.51. The fourth-order valence-electron chi connectivity index (χ4n) is 1.13. The summed E-state index contributed by atoms with van der Waals surface area (Å²) in [6.45, 7) is 3.69. The molecule has 1 heterocycles. The van der Waals surface area contributed by atoms with Gasteiger partial charge in [0.2, 0.25) is 0 Å². The summed E-state index contributed by atoms with van der Waals surface area (Å²) in [6.07, 6.45) is 2.08. The molecule has 4 heteroatoms. The molecule has 2 rings (SSSR count). The Hall–Kier alpha value is -0.450. The van der Waals surface area contributed by atoms with Crippen LogP contribution in [0.15, 0.2) is 39.4 Å². The molecule has 0 aliphatic carbocycles. The Morgan fingerprint density at radius 1 is 1.50 bits per heavy atom. The summed E-state index contributed by atoms with van der Waals surface area (Å²) >= 11 is 5.04. The Balaban J connectivity index is 2.48. The van der Waals surface area contributed by atoms with Gasteiger partial charge in [0, 0.05) is 4.90 Å². The molecule has 0 N–H and O–H groups in total. The van der Waals surface area contributed by atoms with Crippen molar-refractivity contribution in [3.8, 4) is 0 Å². The van der Waals surface area contributed by atoms with Crippen molar-refractivity contribution in [3.05, 3.63) is 30.2 Å². The Morgan fingerprint density at radius 2 is 2.36 bits per heavy atom. The topological polar surface area (TPSA) is 12.9 Å². The summed E-state index contributed by atoms with van der Waals surface area (Å²) in [7, 11) is 0. The van der Waals surface area contributed by atoms with Gasteiger partial charge in [-0.3, -0.25) is 0 Å². The van der Waals surface area contributed by atoms with Gasteiger partial charge in [-0.25, -0.2) is 4.98 Å². The van der Waals surface area contributed by atoms with Crippen molar-refractivity contribution >= 4 is 45.1 Å². The molecule has 72 valence electrons. The lowest BCUT2D eigenvalue weighted by Crippen LogP contribution is -1.70. The molecule has 2 aromatic rings. The monoisotopic (exact) mass is 239 g/mol. The molecule has 0 fully saturated rings. The van der Waals surface area contributed by atoms with Crippen LogP contribution in [0.3, 0.4) is 0 Å². The number of benzene rings is 1. The van der Waals surface area contributed by atoms with Gasteiger partial charge in [0.15, 0.2) is 4.34 Å². The van der Waals surface area contributed by atoms with Crippen LogP contribution in [0.2, 0.25) is 0 Å². The van der Waals surface area contributed by atoms with Crippen LogP contribution in [0.1, 0.15) is 0 Å². The number of aromatic nitrogens is 1. The largest absolute Gasteiger partial charge is 0.229 e. The quantitative estimate of drug-likeness (QED) is 0.743. The third-order valence-electron chi connectivity index (χ3n) is 1.76. The Labute approximate surface area is 95.6 Å². The summed E-state index contributed by atoms with van der Waals surface area (Å²) in [6, 6.07) is 6.39. The minimum absolute atomic E-state index is 1.06. The van der Waals surface area contributed by atoms with Crippen LogP contribution >= 0.6 is 34.9 Å². The van der Waals surface area contributed by atoms with E-state index >= 15 is 0 Å². The third kappa shape index (κ3) is 1.97. The molecule has 14 heavy (non-hydrogen) atoms. The second-order valence-electron chi connectivity index (χ2n) is 2.60. The van der Waals surface area contributed by atoms with E-state index in [1.807, 2.05) is 5.41 Å². The fourth-order valence-corrected chi connectivity index (χ4v) is 3.21. The molecule has 0 unspecified atom stereocenters. The molecule has 0 bridgehead atoms. The number of hydrogen-bond donors (Lipinski definition) is 0. The summed E-state index contributed by atoms with van der Waals surface area (Å²) in [4.78, 5) is 5.77. The van der Waals surface area contributed by atoms with Gasteiger partial charge in [0.05, 0.1) is 10.2 Å². The van der Waals surface area contributed by atoms with E-state index in [1.54, 1.807) is 34.9 Å². The minimum Gasteiger partial charge on any atom is -0.229 e. The predicted octanol–water partition coefficient (Wildman–Crippen LogP) is 4.25. The molecule has 0 atom stereocenters. The first-order valence-corrected chi connectivity index (χ1v) is 6.97. The predicted molar refractivity (Wildman–Crippen MR) is 67.5 cm³/mol. The van der Waals surface area contributed by atoms with Crippen molar-refractivity contribution in [3.63, 3.8) is 0 Å². The van der Waals surface area contributed by atoms with Crippen LogP contribution < -0.4 is 0 Å². The Bertz CT molecular complexity index is 461. The van der Waals surface area contributed by atoms with Gasteiger partial charge < -0.3 is 0 Å². The molecule has 0 saturated carbocycles. The molecular weight excluding hydrogens is 230 g/mol. The highest BCUT2D eigenvalue weighted by Crippen LogP contribution is 2.31. The second-order valence-corrected chi connectivity index (χ2v) is 5.72. The van der Waals surface area contributed by atoms with Gasteiger partial charge >= 0.3 is 0 Å². The van der Waals surface area contributed by atoms with E-state index < -0.39 is 0 Å². The second kappa shape index (κ2) is 4.38.